The lowest BCUT2D eigenvalue weighted by Gasteiger charge is -2.39. The molecule has 1 heterocycles. The van der Waals surface area contributed by atoms with Gasteiger partial charge in [0.05, 0.1) is 10.4 Å². The van der Waals surface area contributed by atoms with E-state index in [1.54, 1.807) is 0 Å². The first-order chi connectivity index (χ1) is 7.65. The predicted molar refractivity (Wildman–Crippen MR) is 71.6 cm³/mol. The van der Waals surface area contributed by atoms with Gasteiger partial charge in [-0.3, -0.25) is 4.79 Å². The highest BCUT2D eigenvalue weighted by Gasteiger charge is 2.46. The van der Waals surface area contributed by atoms with Gasteiger partial charge in [0.1, 0.15) is 0 Å². The zero-order chi connectivity index (χ0) is 11.6. The van der Waals surface area contributed by atoms with Crippen LogP contribution < -0.4 is 11.1 Å². The van der Waals surface area contributed by atoms with Gasteiger partial charge in [-0.15, -0.1) is 0 Å². The fourth-order valence-corrected chi connectivity index (χ4v) is 3.79. The number of amides is 1. The normalized spacial score (nSPS) is 27.1. The number of hydrogen-bond donors (Lipinski definition) is 2. The van der Waals surface area contributed by atoms with Crippen molar-refractivity contribution >= 4 is 34.9 Å². The van der Waals surface area contributed by atoms with E-state index in [2.05, 4.69) is 5.32 Å². The van der Waals surface area contributed by atoms with Crippen LogP contribution in [0.1, 0.15) is 32.1 Å². The number of nitrogens with one attached hydrogen (secondary N) is 1. The fraction of sp³-hybridized carbons (Fsp3) is 0.818. The molecular weight excluding hydrogens is 240 g/mol. The van der Waals surface area contributed by atoms with Gasteiger partial charge in [0, 0.05) is 11.8 Å². The molecule has 5 heteroatoms. The Morgan fingerprint density at radius 3 is 2.69 bits per heavy atom. The van der Waals surface area contributed by atoms with E-state index < -0.39 is 5.41 Å². The van der Waals surface area contributed by atoms with E-state index in [4.69, 9.17) is 18.0 Å². The minimum Gasteiger partial charge on any atom is -0.392 e. The molecular formula is C11H18N2OS2. The highest BCUT2D eigenvalue weighted by molar-refractivity contribution is 8.00. The molecule has 3 nitrogen and oxygen atoms in total. The number of carbonyl (C=O) groups excluding carboxylic acids is 1. The number of thiocarbonyl (C=S) groups is 1. The molecule has 0 aromatic heterocycles. The van der Waals surface area contributed by atoms with Crippen LogP contribution in [-0.4, -0.2) is 28.4 Å². The molecule has 1 aliphatic carbocycles. The molecule has 0 radical (unpaired) electrons. The summed E-state index contributed by atoms with van der Waals surface area (Å²) in [6, 6.07) is 0. The summed E-state index contributed by atoms with van der Waals surface area (Å²) in [4.78, 5) is 12.4. The summed E-state index contributed by atoms with van der Waals surface area (Å²) in [5, 5.41) is 3.61. The Hall–Kier alpha value is -0.290. The molecule has 16 heavy (non-hydrogen) atoms. The summed E-state index contributed by atoms with van der Waals surface area (Å²) in [6.07, 6.45) is 5.19. The van der Waals surface area contributed by atoms with Crippen LogP contribution in [-0.2, 0) is 4.79 Å². The molecule has 2 fully saturated rings. The Morgan fingerprint density at radius 2 is 2.25 bits per heavy atom. The molecule has 2 rings (SSSR count). The molecule has 1 unspecified atom stereocenters. The van der Waals surface area contributed by atoms with Crippen molar-refractivity contribution in [3.05, 3.63) is 0 Å². The smallest absolute Gasteiger partial charge is 0.233 e. The molecule has 1 amide bonds. The maximum atomic E-state index is 12.1. The van der Waals surface area contributed by atoms with Crippen molar-refractivity contribution in [2.24, 2.45) is 11.1 Å². The van der Waals surface area contributed by atoms with Crippen LogP contribution in [0.15, 0.2) is 0 Å². The highest BCUT2D eigenvalue weighted by atomic mass is 32.2. The Bertz CT molecular complexity index is 296. The van der Waals surface area contributed by atoms with Crippen LogP contribution in [0.5, 0.6) is 0 Å². The molecule has 0 aromatic rings. The van der Waals surface area contributed by atoms with Crippen LogP contribution in [0, 0.1) is 5.41 Å². The van der Waals surface area contributed by atoms with Gasteiger partial charge in [-0.1, -0.05) is 18.6 Å². The third kappa shape index (κ3) is 2.20. The zero-order valence-electron chi connectivity index (χ0n) is 9.33. The Labute approximate surface area is 106 Å². The monoisotopic (exact) mass is 258 g/mol. The fourth-order valence-electron chi connectivity index (χ4n) is 2.30. The number of carbonyl (C=O) groups is 1. The first-order valence-corrected chi connectivity index (χ1v) is 7.31. The number of nitrogens with two attached hydrogens (primary N) is 1. The second kappa shape index (κ2) is 4.92. The van der Waals surface area contributed by atoms with Gasteiger partial charge in [0.2, 0.25) is 5.91 Å². The van der Waals surface area contributed by atoms with Crippen LogP contribution in [0.25, 0.3) is 0 Å². The summed E-state index contributed by atoms with van der Waals surface area (Å²) < 4.78 is 0. The summed E-state index contributed by atoms with van der Waals surface area (Å²) >= 11 is 6.97. The lowest BCUT2D eigenvalue weighted by atomic mass is 9.68. The number of thioether (sulfide) groups is 1. The van der Waals surface area contributed by atoms with Crippen molar-refractivity contribution in [3.8, 4) is 0 Å². The largest absolute Gasteiger partial charge is 0.392 e. The predicted octanol–water partition coefficient (Wildman–Crippen LogP) is 1.45. The quantitative estimate of drug-likeness (QED) is 0.750. The number of rotatable bonds is 4. The third-order valence-electron chi connectivity index (χ3n) is 3.63. The maximum absolute atomic E-state index is 12.1. The summed E-state index contributed by atoms with van der Waals surface area (Å²) in [5.74, 6) is 1.28. The minimum atomic E-state index is -0.515. The number of hydrogen-bond acceptors (Lipinski definition) is 3. The molecule has 0 bridgehead atoms. The van der Waals surface area contributed by atoms with Gasteiger partial charge in [0.25, 0.3) is 0 Å². The van der Waals surface area contributed by atoms with Gasteiger partial charge in [-0.2, -0.15) is 11.8 Å². The van der Waals surface area contributed by atoms with Crippen molar-refractivity contribution in [2.45, 2.75) is 37.4 Å². The Balaban J connectivity index is 1.84. The molecule has 1 atom stereocenters. The molecule has 1 saturated carbocycles. The van der Waals surface area contributed by atoms with Gasteiger partial charge in [0.15, 0.2) is 0 Å². The van der Waals surface area contributed by atoms with Crippen molar-refractivity contribution in [2.75, 3.05) is 12.3 Å². The molecule has 2 aliphatic rings. The van der Waals surface area contributed by atoms with Crippen molar-refractivity contribution < 1.29 is 4.79 Å². The summed E-state index contributed by atoms with van der Waals surface area (Å²) in [6.45, 7) is 0.772. The SMILES string of the molecule is NC(=S)C1(C(=O)NCC2CCCS2)CCC1. The van der Waals surface area contributed by atoms with Gasteiger partial charge in [-0.05, 0) is 31.4 Å². The topological polar surface area (TPSA) is 55.1 Å². The lowest BCUT2D eigenvalue weighted by Crippen LogP contribution is -2.53. The van der Waals surface area contributed by atoms with Gasteiger partial charge >= 0.3 is 0 Å². The lowest BCUT2D eigenvalue weighted by molar-refractivity contribution is -0.130. The molecule has 1 saturated heterocycles. The Kier molecular flexibility index (Phi) is 3.74. The molecule has 0 aromatic carbocycles. The second-order valence-corrected chi connectivity index (χ2v) is 6.49. The zero-order valence-corrected chi connectivity index (χ0v) is 11.0. The average Bonchev–Trinajstić information content (AvgIpc) is 2.64. The second-order valence-electron chi connectivity index (χ2n) is 4.64. The summed E-state index contributed by atoms with van der Waals surface area (Å²) in [7, 11) is 0. The van der Waals surface area contributed by atoms with Crippen LogP contribution in [0.3, 0.4) is 0 Å². The third-order valence-corrected chi connectivity index (χ3v) is 5.42. The highest BCUT2D eigenvalue weighted by Crippen LogP contribution is 2.41. The molecule has 1 aliphatic heterocycles. The molecule has 0 spiro atoms. The van der Waals surface area contributed by atoms with Gasteiger partial charge < -0.3 is 11.1 Å². The van der Waals surface area contributed by atoms with Crippen molar-refractivity contribution in [1.29, 1.82) is 0 Å². The van der Waals surface area contributed by atoms with E-state index in [9.17, 15) is 4.79 Å². The van der Waals surface area contributed by atoms with E-state index in [1.165, 1.54) is 18.6 Å². The van der Waals surface area contributed by atoms with E-state index in [-0.39, 0.29) is 5.91 Å². The van der Waals surface area contributed by atoms with Crippen LogP contribution in [0.4, 0.5) is 0 Å². The van der Waals surface area contributed by atoms with E-state index in [1.807, 2.05) is 11.8 Å². The van der Waals surface area contributed by atoms with E-state index >= 15 is 0 Å². The average molecular weight is 258 g/mol. The van der Waals surface area contributed by atoms with Crippen molar-refractivity contribution in [3.63, 3.8) is 0 Å². The standard InChI is InChI=1S/C11H18N2OS2/c12-9(15)11(4-2-5-11)10(14)13-7-8-3-1-6-16-8/h8H,1-7H2,(H2,12,15)(H,13,14). The van der Waals surface area contributed by atoms with Crippen LogP contribution >= 0.6 is 24.0 Å². The maximum Gasteiger partial charge on any atom is 0.233 e. The van der Waals surface area contributed by atoms with Crippen LogP contribution in [0.2, 0.25) is 0 Å². The summed E-state index contributed by atoms with van der Waals surface area (Å²) in [5.41, 5.74) is 5.17. The van der Waals surface area contributed by atoms with E-state index in [0.29, 0.717) is 10.2 Å². The van der Waals surface area contributed by atoms with Gasteiger partial charge in [-0.25, -0.2) is 0 Å². The first-order valence-electron chi connectivity index (χ1n) is 5.85. The van der Waals surface area contributed by atoms with E-state index in [0.717, 1.165) is 25.8 Å². The molecule has 90 valence electrons. The molecule has 3 N–H and O–H groups in total. The Morgan fingerprint density at radius 1 is 1.50 bits per heavy atom. The minimum absolute atomic E-state index is 0.0544. The van der Waals surface area contributed by atoms with Crippen molar-refractivity contribution in [1.82, 2.24) is 5.32 Å². The first kappa shape index (κ1) is 12.2.